The van der Waals surface area contributed by atoms with E-state index in [1.54, 1.807) is 25.1 Å². The van der Waals surface area contributed by atoms with Crippen molar-refractivity contribution in [1.82, 2.24) is 10.9 Å². The van der Waals surface area contributed by atoms with Gasteiger partial charge in [-0.15, -0.1) is 0 Å². The number of hydrogen-bond acceptors (Lipinski definition) is 6. The van der Waals surface area contributed by atoms with Crippen molar-refractivity contribution < 1.29 is 32.6 Å². The Kier molecular flexibility index (Phi) is 9.53. The SMILES string of the molecule is CC(Oc1ccc2ccccc2c1)C(=O)NNC(=O)c1ccccc1OCC(=O)Nc1ccc(SC(F)F)cc1. The monoisotopic (exact) mass is 565 g/mol. The highest BCUT2D eigenvalue weighted by molar-refractivity contribution is 7.99. The van der Waals surface area contributed by atoms with Crippen molar-refractivity contribution in [2.45, 2.75) is 23.7 Å². The predicted octanol–water partition coefficient (Wildman–Crippen LogP) is 5.40. The van der Waals surface area contributed by atoms with Crippen LogP contribution in [0.1, 0.15) is 17.3 Å². The zero-order valence-electron chi connectivity index (χ0n) is 21.2. The first-order valence-corrected chi connectivity index (χ1v) is 13.0. The molecule has 0 radical (unpaired) electrons. The Bertz CT molecular complexity index is 1500. The van der Waals surface area contributed by atoms with Gasteiger partial charge in [-0.3, -0.25) is 25.2 Å². The van der Waals surface area contributed by atoms with Crippen molar-refractivity contribution in [2.24, 2.45) is 0 Å². The molecule has 3 N–H and O–H groups in total. The molecule has 4 rings (SSSR count). The van der Waals surface area contributed by atoms with Crippen LogP contribution in [0, 0.1) is 0 Å². The van der Waals surface area contributed by atoms with Crippen molar-refractivity contribution in [3.8, 4) is 11.5 Å². The number of halogens is 2. The zero-order valence-corrected chi connectivity index (χ0v) is 22.0. The number of fused-ring (bicyclic) bond motifs is 1. The Balaban J connectivity index is 1.27. The first kappa shape index (κ1) is 28.4. The Morgan fingerprint density at radius 3 is 2.30 bits per heavy atom. The first-order valence-electron chi connectivity index (χ1n) is 12.1. The van der Waals surface area contributed by atoms with E-state index in [0.717, 1.165) is 10.8 Å². The van der Waals surface area contributed by atoms with E-state index in [1.165, 1.54) is 36.4 Å². The van der Waals surface area contributed by atoms with Gasteiger partial charge in [0.15, 0.2) is 12.7 Å². The lowest BCUT2D eigenvalue weighted by atomic mass is 10.1. The summed E-state index contributed by atoms with van der Waals surface area (Å²) in [7, 11) is 0. The predicted molar refractivity (Wildman–Crippen MR) is 149 cm³/mol. The molecule has 0 aliphatic rings. The maximum atomic E-state index is 12.7. The smallest absolute Gasteiger partial charge is 0.288 e. The Hall–Kier alpha value is -4.64. The molecule has 0 saturated carbocycles. The molecule has 11 heteroatoms. The molecular formula is C29H25F2N3O5S. The van der Waals surface area contributed by atoms with Gasteiger partial charge in [0.05, 0.1) is 5.56 Å². The number of hydrogen-bond donors (Lipinski definition) is 3. The molecule has 4 aromatic carbocycles. The number of alkyl halides is 2. The van der Waals surface area contributed by atoms with E-state index in [0.29, 0.717) is 28.1 Å². The van der Waals surface area contributed by atoms with Gasteiger partial charge in [0.1, 0.15) is 11.5 Å². The standard InChI is InChI=1S/C29H25F2N3O5S/c1-18(39-22-13-10-19-6-2-3-7-20(19)16-22)27(36)33-34-28(37)24-8-4-5-9-25(24)38-17-26(35)32-21-11-14-23(15-12-21)40-29(30)31/h2-16,18,29H,17H2,1H3,(H,32,35)(H,33,36)(H,34,37). The molecule has 0 aliphatic carbocycles. The highest BCUT2D eigenvalue weighted by atomic mass is 32.2. The van der Waals surface area contributed by atoms with Gasteiger partial charge in [-0.05, 0) is 66.2 Å². The molecule has 4 aromatic rings. The summed E-state index contributed by atoms with van der Waals surface area (Å²) in [5.74, 6) is -3.66. The van der Waals surface area contributed by atoms with Crippen molar-refractivity contribution in [3.05, 3.63) is 96.6 Å². The summed E-state index contributed by atoms with van der Waals surface area (Å²) >= 11 is 0.404. The minimum Gasteiger partial charge on any atom is -0.483 e. The summed E-state index contributed by atoms with van der Waals surface area (Å²) in [6.07, 6.45) is -0.903. The minimum absolute atomic E-state index is 0.0899. The molecule has 1 atom stereocenters. The Morgan fingerprint density at radius 1 is 0.850 bits per heavy atom. The summed E-state index contributed by atoms with van der Waals surface area (Å²) in [5, 5.41) is 4.60. The normalized spacial score (nSPS) is 11.5. The third-order valence-electron chi connectivity index (χ3n) is 5.56. The largest absolute Gasteiger partial charge is 0.483 e. The summed E-state index contributed by atoms with van der Waals surface area (Å²) in [5.41, 5.74) is 5.15. The van der Waals surface area contributed by atoms with Gasteiger partial charge in [-0.2, -0.15) is 8.78 Å². The van der Waals surface area contributed by atoms with Gasteiger partial charge in [0, 0.05) is 10.6 Å². The van der Waals surface area contributed by atoms with Crippen LogP contribution in [0.25, 0.3) is 10.8 Å². The van der Waals surface area contributed by atoms with Crippen molar-refractivity contribution in [1.29, 1.82) is 0 Å². The lowest BCUT2D eigenvalue weighted by molar-refractivity contribution is -0.128. The van der Waals surface area contributed by atoms with Crippen molar-refractivity contribution in [2.75, 3.05) is 11.9 Å². The van der Waals surface area contributed by atoms with Crippen LogP contribution in [0.15, 0.2) is 95.9 Å². The fraction of sp³-hybridized carbons (Fsp3) is 0.138. The highest BCUT2D eigenvalue weighted by Gasteiger charge is 2.18. The molecule has 3 amide bonds. The molecule has 0 heterocycles. The topological polar surface area (TPSA) is 106 Å². The van der Waals surface area contributed by atoms with E-state index in [-0.39, 0.29) is 11.3 Å². The summed E-state index contributed by atoms with van der Waals surface area (Å²) in [6, 6.07) is 25.4. The van der Waals surface area contributed by atoms with Gasteiger partial charge in [-0.1, -0.05) is 54.2 Å². The number of ether oxygens (including phenoxy) is 2. The second-order valence-electron chi connectivity index (χ2n) is 8.45. The molecule has 8 nitrogen and oxygen atoms in total. The third-order valence-corrected chi connectivity index (χ3v) is 6.28. The number of carbonyl (C=O) groups excluding carboxylic acids is 3. The average Bonchev–Trinajstić information content (AvgIpc) is 2.95. The maximum absolute atomic E-state index is 12.7. The van der Waals surface area contributed by atoms with Gasteiger partial charge >= 0.3 is 0 Å². The van der Waals surface area contributed by atoms with Crippen LogP contribution in [0.5, 0.6) is 11.5 Å². The van der Waals surface area contributed by atoms with E-state index in [2.05, 4.69) is 16.2 Å². The molecule has 0 bridgehead atoms. The molecule has 40 heavy (non-hydrogen) atoms. The Labute approximate surface area is 233 Å². The average molecular weight is 566 g/mol. The number of nitrogens with one attached hydrogen (secondary N) is 3. The summed E-state index contributed by atoms with van der Waals surface area (Å²) in [6.45, 7) is 1.14. The van der Waals surface area contributed by atoms with Crippen LogP contribution in [0.4, 0.5) is 14.5 Å². The quantitative estimate of drug-likeness (QED) is 0.176. The number of amides is 3. The van der Waals surface area contributed by atoms with Gasteiger partial charge in [0.25, 0.3) is 23.5 Å². The first-order chi connectivity index (χ1) is 19.3. The van der Waals surface area contributed by atoms with Crippen LogP contribution in [0.2, 0.25) is 0 Å². The van der Waals surface area contributed by atoms with Crippen LogP contribution in [-0.4, -0.2) is 36.2 Å². The molecule has 0 spiro atoms. The van der Waals surface area contributed by atoms with Crippen LogP contribution in [-0.2, 0) is 9.59 Å². The molecule has 0 aromatic heterocycles. The number of carbonyl (C=O) groups is 3. The molecule has 0 saturated heterocycles. The van der Waals surface area contributed by atoms with E-state index in [4.69, 9.17) is 9.47 Å². The number of anilines is 1. The Morgan fingerprint density at radius 2 is 1.55 bits per heavy atom. The second-order valence-corrected chi connectivity index (χ2v) is 9.51. The van der Waals surface area contributed by atoms with Gasteiger partial charge in [-0.25, -0.2) is 0 Å². The molecule has 0 aliphatic heterocycles. The molecule has 206 valence electrons. The second kappa shape index (κ2) is 13.4. The van der Waals surface area contributed by atoms with Crippen LogP contribution >= 0.6 is 11.8 Å². The minimum atomic E-state index is -2.54. The molecular weight excluding hydrogens is 540 g/mol. The van der Waals surface area contributed by atoms with Gasteiger partial charge < -0.3 is 14.8 Å². The number of hydrazine groups is 1. The molecule has 1 unspecified atom stereocenters. The van der Waals surface area contributed by atoms with Crippen LogP contribution < -0.4 is 25.6 Å². The maximum Gasteiger partial charge on any atom is 0.288 e. The van der Waals surface area contributed by atoms with E-state index < -0.39 is 36.2 Å². The summed E-state index contributed by atoms with van der Waals surface area (Å²) < 4.78 is 36.1. The fourth-order valence-corrected chi connectivity index (χ4v) is 4.12. The fourth-order valence-electron chi connectivity index (χ4n) is 3.63. The van der Waals surface area contributed by atoms with E-state index in [9.17, 15) is 23.2 Å². The number of rotatable bonds is 10. The van der Waals surface area contributed by atoms with E-state index >= 15 is 0 Å². The highest BCUT2D eigenvalue weighted by Crippen LogP contribution is 2.26. The lowest BCUT2D eigenvalue weighted by Gasteiger charge is -2.16. The summed E-state index contributed by atoms with van der Waals surface area (Å²) in [4.78, 5) is 37.9. The van der Waals surface area contributed by atoms with E-state index in [1.807, 2.05) is 36.4 Å². The van der Waals surface area contributed by atoms with Crippen molar-refractivity contribution >= 4 is 45.9 Å². The van der Waals surface area contributed by atoms with Gasteiger partial charge in [0.2, 0.25) is 0 Å². The zero-order chi connectivity index (χ0) is 28.5. The third kappa shape index (κ3) is 7.93. The molecule has 0 fully saturated rings. The lowest BCUT2D eigenvalue weighted by Crippen LogP contribution is -2.47. The number of thioether (sulfide) groups is 1. The van der Waals surface area contributed by atoms with Crippen LogP contribution in [0.3, 0.4) is 0 Å². The number of para-hydroxylation sites is 1. The van der Waals surface area contributed by atoms with Crippen molar-refractivity contribution in [3.63, 3.8) is 0 Å². The number of benzene rings is 4.